The summed E-state index contributed by atoms with van der Waals surface area (Å²) in [6, 6.07) is 5.61. The molecule has 0 aromatic heterocycles. The number of hydrogen-bond donors (Lipinski definition) is 2. The van der Waals surface area contributed by atoms with Crippen LogP contribution >= 0.6 is 15.9 Å². The second kappa shape index (κ2) is 7.02. The average molecular weight is 357 g/mol. The van der Waals surface area contributed by atoms with Gasteiger partial charge in [0.25, 0.3) is 0 Å². The molecular formula is C14H17BrN2O4. The number of carboxylic acids is 1. The normalized spacial score (nSPS) is 19.2. The number of carboxylic acid groups (broad SMARTS) is 1. The van der Waals surface area contributed by atoms with E-state index in [1.165, 1.54) is 0 Å². The number of carbonyl (C=O) groups is 2. The number of benzene rings is 1. The molecule has 0 spiro atoms. The Bertz CT molecular complexity index is 550. The number of carbonyl (C=O) groups excluding carboxylic acids is 1. The molecule has 1 aromatic rings. The maximum absolute atomic E-state index is 12.0. The minimum atomic E-state index is -0.996. The van der Waals surface area contributed by atoms with Gasteiger partial charge in [0.05, 0.1) is 13.2 Å². The van der Waals surface area contributed by atoms with Crippen molar-refractivity contribution in [1.29, 1.82) is 0 Å². The van der Waals surface area contributed by atoms with E-state index < -0.39 is 12.1 Å². The molecule has 2 rings (SSSR count). The van der Waals surface area contributed by atoms with Crippen molar-refractivity contribution in [3.05, 3.63) is 28.2 Å². The number of anilines is 1. The van der Waals surface area contributed by atoms with Crippen LogP contribution in [0.15, 0.2) is 22.7 Å². The van der Waals surface area contributed by atoms with Gasteiger partial charge in [-0.3, -0.25) is 9.69 Å². The van der Waals surface area contributed by atoms with Crippen LogP contribution in [0.25, 0.3) is 0 Å². The first kappa shape index (κ1) is 15.9. The molecule has 1 unspecified atom stereocenters. The van der Waals surface area contributed by atoms with Crippen molar-refractivity contribution >= 4 is 33.5 Å². The van der Waals surface area contributed by atoms with Crippen LogP contribution in [0.2, 0.25) is 0 Å². The lowest BCUT2D eigenvalue weighted by Crippen LogP contribution is -2.48. The van der Waals surface area contributed by atoms with Gasteiger partial charge < -0.3 is 15.2 Å². The Balaban J connectivity index is 1.91. The van der Waals surface area contributed by atoms with Crippen LogP contribution < -0.4 is 5.32 Å². The monoisotopic (exact) mass is 356 g/mol. The van der Waals surface area contributed by atoms with Crippen LogP contribution in [-0.2, 0) is 14.3 Å². The van der Waals surface area contributed by atoms with Gasteiger partial charge in [-0.2, -0.15) is 0 Å². The third kappa shape index (κ3) is 4.52. The number of amides is 1. The summed E-state index contributed by atoms with van der Waals surface area (Å²) < 4.78 is 6.08. The topological polar surface area (TPSA) is 78.9 Å². The molecule has 0 radical (unpaired) electrons. The van der Waals surface area contributed by atoms with Gasteiger partial charge >= 0.3 is 5.97 Å². The molecule has 1 atom stereocenters. The number of hydrogen-bond acceptors (Lipinski definition) is 4. The largest absolute Gasteiger partial charge is 0.479 e. The van der Waals surface area contributed by atoms with Crippen molar-refractivity contribution < 1.29 is 19.4 Å². The Morgan fingerprint density at radius 3 is 2.95 bits per heavy atom. The highest BCUT2D eigenvalue weighted by Gasteiger charge is 2.27. The molecule has 1 heterocycles. The molecule has 1 aliphatic heterocycles. The fraction of sp³-hybridized carbons (Fsp3) is 0.429. The summed E-state index contributed by atoms with van der Waals surface area (Å²) in [5, 5.41) is 11.8. The van der Waals surface area contributed by atoms with Crippen LogP contribution in [0.1, 0.15) is 5.56 Å². The quantitative estimate of drug-likeness (QED) is 0.854. The third-order valence-corrected chi connectivity index (χ3v) is 3.75. The molecule has 21 heavy (non-hydrogen) atoms. The van der Waals surface area contributed by atoms with E-state index in [1.807, 2.05) is 25.1 Å². The predicted molar refractivity (Wildman–Crippen MR) is 81.3 cm³/mol. The zero-order valence-corrected chi connectivity index (χ0v) is 13.2. The second-order valence-electron chi connectivity index (χ2n) is 4.94. The standard InChI is InChI=1S/C14H17BrN2O4/c1-9-6-10(15)2-3-11(9)16-13(18)8-17-4-5-21-12(7-17)14(19)20/h2-3,6,12H,4-5,7-8H2,1H3,(H,16,18)(H,19,20). The molecule has 1 aliphatic rings. The van der Waals surface area contributed by atoms with Gasteiger partial charge in [0.1, 0.15) is 0 Å². The Labute approximate surface area is 131 Å². The van der Waals surface area contributed by atoms with Crippen molar-refractivity contribution in [2.24, 2.45) is 0 Å². The van der Waals surface area contributed by atoms with E-state index in [9.17, 15) is 9.59 Å². The Morgan fingerprint density at radius 1 is 1.52 bits per heavy atom. The first-order valence-corrected chi connectivity index (χ1v) is 7.38. The summed E-state index contributed by atoms with van der Waals surface area (Å²) in [5.74, 6) is -1.16. The minimum absolute atomic E-state index is 0.155. The maximum atomic E-state index is 12.0. The summed E-state index contributed by atoms with van der Waals surface area (Å²) in [5.41, 5.74) is 1.72. The molecule has 1 saturated heterocycles. The first-order valence-electron chi connectivity index (χ1n) is 6.58. The number of ether oxygens (including phenoxy) is 1. The van der Waals surface area contributed by atoms with Crippen LogP contribution in [-0.4, -0.2) is 54.2 Å². The molecular weight excluding hydrogens is 340 g/mol. The van der Waals surface area contributed by atoms with Crippen molar-refractivity contribution in [1.82, 2.24) is 4.90 Å². The van der Waals surface area contributed by atoms with Crippen molar-refractivity contribution in [2.75, 3.05) is 31.6 Å². The van der Waals surface area contributed by atoms with E-state index in [0.29, 0.717) is 13.2 Å². The van der Waals surface area contributed by atoms with Crippen molar-refractivity contribution in [3.8, 4) is 0 Å². The van der Waals surface area contributed by atoms with E-state index in [0.717, 1.165) is 15.7 Å². The number of halogens is 1. The fourth-order valence-electron chi connectivity index (χ4n) is 2.16. The number of morpholine rings is 1. The van der Waals surface area contributed by atoms with E-state index in [2.05, 4.69) is 21.2 Å². The Kier molecular flexibility index (Phi) is 5.33. The van der Waals surface area contributed by atoms with Crippen molar-refractivity contribution in [2.45, 2.75) is 13.0 Å². The molecule has 1 amide bonds. The summed E-state index contributed by atoms with van der Waals surface area (Å²) in [6.07, 6.45) is -0.860. The predicted octanol–water partition coefficient (Wildman–Crippen LogP) is 1.48. The smallest absolute Gasteiger partial charge is 0.334 e. The average Bonchev–Trinajstić information content (AvgIpc) is 2.42. The molecule has 0 saturated carbocycles. The number of nitrogens with zero attached hydrogens (tertiary/aromatic N) is 1. The summed E-state index contributed by atoms with van der Waals surface area (Å²) in [6.45, 7) is 3.17. The molecule has 0 aliphatic carbocycles. The van der Waals surface area contributed by atoms with Gasteiger partial charge in [-0.15, -0.1) is 0 Å². The Morgan fingerprint density at radius 2 is 2.29 bits per heavy atom. The van der Waals surface area contributed by atoms with Crippen LogP contribution in [0.4, 0.5) is 5.69 Å². The zero-order valence-electron chi connectivity index (χ0n) is 11.6. The van der Waals surface area contributed by atoms with Gasteiger partial charge in [-0.1, -0.05) is 15.9 Å². The first-order chi connectivity index (χ1) is 9.95. The van der Waals surface area contributed by atoms with Gasteiger partial charge in [0, 0.05) is 23.2 Å². The highest BCUT2D eigenvalue weighted by Crippen LogP contribution is 2.20. The lowest BCUT2D eigenvalue weighted by Gasteiger charge is -2.30. The summed E-state index contributed by atoms with van der Waals surface area (Å²) in [7, 11) is 0. The van der Waals surface area contributed by atoms with Crippen LogP contribution in [0.5, 0.6) is 0 Å². The fourth-order valence-corrected chi connectivity index (χ4v) is 2.63. The highest BCUT2D eigenvalue weighted by molar-refractivity contribution is 9.10. The maximum Gasteiger partial charge on any atom is 0.334 e. The van der Waals surface area contributed by atoms with Gasteiger partial charge in [-0.05, 0) is 30.7 Å². The number of nitrogens with one attached hydrogen (secondary N) is 1. The van der Waals surface area contributed by atoms with Crippen molar-refractivity contribution in [3.63, 3.8) is 0 Å². The zero-order chi connectivity index (χ0) is 15.4. The van der Waals surface area contributed by atoms with Crippen LogP contribution in [0.3, 0.4) is 0 Å². The Hall–Kier alpha value is -1.44. The molecule has 114 valence electrons. The van der Waals surface area contributed by atoms with E-state index in [4.69, 9.17) is 9.84 Å². The van der Waals surface area contributed by atoms with E-state index >= 15 is 0 Å². The molecule has 1 fully saturated rings. The summed E-state index contributed by atoms with van der Waals surface area (Å²) >= 11 is 3.37. The van der Waals surface area contributed by atoms with Gasteiger partial charge in [0.15, 0.2) is 6.10 Å². The molecule has 2 N–H and O–H groups in total. The molecule has 1 aromatic carbocycles. The molecule has 0 bridgehead atoms. The van der Waals surface area contributed by atoms with Crippen LogP contribution in [0, 0.1) is 6.92 Å². The third-order valence-electron chi connectivity index (χ3n) is 3.26. The second-order valence-corrected chi connectivity index (χ2v) is 5.86. The summed E-state index contributed by atoms with van der Waals surface area (Å²) in [4.78, 5) is 24.7. The van der Waals surface area contributed by atoms with Gasteiger partial charge in [-0.25, -0.2) is 4.79 Å². The SMILES string of the molecule is Cc1cc(Br)ccc1NC(=O)CN1CCOC(C(=O)O)C1. The lowest BCUT2D eigenvalue weighted by atomic mass is 10.2. The lowest BCUT2D eigenvalue weighted by molar-refractivity contribution is -0.156. The minimum Gasteiger partial charge on any atom is -0.479 e. The number of aryl methyl sites for hydroxylation is 1. The highest BCUT2D eigenvalue weighted by atomic mass is 79.9. The molecule has 6 nitrogen and oxygen atoms in total. The van der Waals surface area contributed by atoms with E-state index in [-0.39, 0.29) is 19.0 Å². The number of rotatable bonds is 4. The molecule has 7 heteroatoms. The van der Waals surface area contributed by atoms with E-state index in [1.54, 1.807) is 4.90 Å². The van der Waals surface area contributed by atoms with Gasteiger partial charge in [0.2, 0.25) is 5.91 Å². The number of aliphatic carboxylic acids is 1.